The van der Waals surface area contributed by atoms with Gasteiger partial charge in [0.25, 0.3) is 0 Å². The molecule has 2 aromatic carbocycles. The molecule has 0 unspecified atom stereocenters. The van der Waals surface area contributed by atoms with Gasteiger partial charge in [0.1, 0.15) is 0 Å². The van der Waals surface area contributed by atoms with E-state index in [2.05, 4.69) is 28.2 Å². The molecule has 0 atom stereocenters. The number of anilines is 1. The number of carbonyl (C=O) groups excluding carboxylic acids is 1. The van der Waals surface area contributed by atoms with Crippen LogP contribution in [0.15, 0.2) is 84.3 Å². The number of amides is 1. The lowest BCUT2D eigenvalue weighted by Crippen LogP contribution is -2.27. The van der Waals surface area contributed by atoms with Crippen molar-refractivity contribution in [1.82, 2.24) is 19.7 Å². The van der Waals surface area contributed by atoms with Crippen LogP contribution in [0.4, 0.5) is 5.69 Å². The number of carbonyl (C=O) groups is 1. The van der Waals surface area contributed by atoms with Gasteiger partial charge in [0, 0.05) is 30.7 Å². The average molecular weight is 416 g/mol. The Hall–Kier alpha value is -3.45. The van der Waals surface area contributed by atoms with E-state index in [0.29, 0.717) is 5.16 Å². The molecule has 6 nitrogen and oxygen atoms in total. The molecule has 4 aromatic rings. The largest absolute Gasteiger partial charge is 0.315 e. The molecule has 0 N–H and O–H groups in total. The second-order valence-corrected chi connectivity index (χ2v) is 7.68. The molecule has 150 valence electrons. The van der Waals surface area contributed by atoms with E-state index in [4.69, 9.17) is 0 Å². The highest BCUT2D eigenvalue weighted by Crippen LogP contribution is 2.29. The zero-order valence-corrected chi connectivity index (χ0v) is 17.6. The molecule has 2 heterocycles. The molecule has 2 aromatic heterocycles. The van der Waals surface area contributed by atoms with E-state index < -0.39 is 0 Å². The first kappa shape index (κ1) is 19.8. The van der Waals surface area contributed by atoms with Gasteiger partial charge in [-0.05, 0) is 42.8 Å². The van der Waals surface area contributed by atoms with Crippen LogP contribution in [0.3, 0.4) is 0 Å². The van der Waals surface area contributed by atoms with Crippen molar-refractivity contribution >= 4 is 23.4 Å². The fourth-order valence-corrected chi connectivity index (χ4v) is 3.96. The van der Waals surface area contributed by atoms with E-state index in [9.17, 15) is 4.79 Å². The maximum atomic E-state index is 12.7. The van der Waals surface area contributed by atoms with Gasteiger partial charge in [0.05, 0.1) is 11.4 Å². The zero-order chi connectivity index (χ0) is 20.9. The van der Waals surface area contributed by atoms with Gasteiger partial charge in [-0.15, -0.1) is 10.2 Å². The van der Waals surface area contributed by atoms with Crippen molar-refractivity contribution in [3.63, 3.8) is 0 Å². The number of thioether (sulfide) groups is 1. The van der Waals surface area contributed by atoms with Gasteiger partial charge in [-0.3, -0.25) is 14.3 Å². The summed E-state index contributed by atoms with van der Waals surface area (Å²) in [5.41, 5.74) is 3.86. The third kappa shape index (κ3) is 4.11. The minimum absolute atomic E-state index is 0.00371. The second-order valence-electron chi connectivity index (χ2n) is 6.74. The lowest BCUT2D eigenvalue weighted by Gasteiger charge is -2.17. The highest BCUT2D eigenvalue weighted by Gasteiger charge is 2.19. The number of aromatic nitrogens is 4. The van der Waals surface area contributed by atoms with Crippen molar-refractivity contribution in [2.45, 2.75) is 12.1 Å². The van der Waals surface area contributed by atoms with Crippen molar-refractivity contribution < 1.29 is 4.79 Å². The van der Waals surface area contributed by atoms with E-state index in [1.807, 2.05) is 65.2 Å². The van der Waals surface area contributed by atoms with Gasteiger partial charge in [-0.25, -0.2) is 0 Å². The fourth-order valence-electron chi connectivity index (χ4n) is 3.10. The summed E-state index contributed by atoms with van der Waals surface area (Å²) in [4.78, 5) is 18.5. The van der Waals surface area contributed by atoms with Gasteiger partial charge >= 0.3 is 0 Å². The predicted molar refractivity (Wildman–Crippen MR) is 120 cm³/mol. The van der Waals surface area contributed by atoms with E-state index in [1.54, 1.807) is 24.3 Å². The smallest absolute Gasteiger partial charge is 0.237 e. The summed E-state index contributed by atoms with van der Waals surface area (Å²) in [7, 11) is 1.78. The van der Waals surface area contributed by atoms with Crippen LogP contribution in [-0.4, -0.2) is 38.5 Å². The van der Waals surface area contributed by atoms with Gasteiger partial charge in [-0.1, -0.05) is 48.2 Å². The predicted octanol–water partition coefficient (Wildman–Crippen LogP) is 4.39. The van der Waals surface area contributed by atoms with E-state index in [1.165, 1.54) is 11.8 Å². The van der Waals surface area contributed by atoms with Crippen LogP contribution in [0.2, 0.25) is 0 Å². The Morgan fingerprint density at radius 2 is 1.67 bits per heavy atom. The fraction of sp³-hybridized carbons (Fsp3) is 0.130. The molecule has 1 amide bonds. The Morgan fingerprint density at radius 3 is 2.40 bits per heavy atom. The number of rotatable bonds is 6. The minimum atomic E-state index is -0.00371. The van der Waals surface area contributed by atoms with Gasteiger partial charge in [-0.2, -0.15) is 0 Å². The Balaban J connectivity index is 1.65. The molecule has 4 rings (SSSR count). The summed E-state index contributed by atoms with van der Waals surface area (Å²) in [5.74, 6) is 0.972. The van der Waals surface area contributed by atoms with Gasteiger partial charge < -0.3 is 4.90 Å². The summed E-state index contributed by atoms with van der Waals surface area (Å²) in [5, 5.41) is 9.50. The van der Waals surface area contributed by atoms with Crippen LogP contribution in [0.5, 0.6) is 0 Å². The van der Waals surface area contributed by atoms with Crippen molar-refractivity contribution in [3.05, 3.63) is 84.7 Å². The zero-order valence-electron chi connectivity index (χ0n) is 16.8. The Morgan fingerprint density at radius 1 is 0.967 bits per heavy atom. The normalized spacial score (nSPS) is 10.7. The van der Waals surface area contributed by atoms with Crippen LogP contribution in [0, 0.1) is 6.92 Å². The number of nitrogens with zero attached hydrogens (tertiary/aromatic N) is 5. The maximum Gasteiger partial charge on any atom is 0.237 e. The van der Waals surface area contributed by atoms with Crippen molar-refractivity contribution in [2.75, 3.05) is 17.7 Å². The monoisotopic (exact) mass is 415 g/mol. The van der Waals surface area contributed by atoms with Crippen LogP contribution in [-0.2, 0) is 4.79 Å². The molecule has 0 aliphatic rings. The molecule has 0 aliphatic heterocycles. The number of pyridine rings is 1. The molecular weight excluding hydrogens is 394 g/mol. The van der Waals surface area contributed by atoms with Crippen molar-refractivity contribution in [3.8, 4) is 17.1 Å². The van der Waals surface area contributed by atoms with Crippen LogP contribution < -0.4 is 4.90 Å². The lowest BCUT2D eigenvalue weighted by molar-refractivity contribution is -0.115. The summed E-state index contributed by atoms with van der Waals surface area (Å²) in [6.07, 6.45) is 3.47. The topological polar surface area (TPSA) is 63.9 Å². The molecule has 0 bridgehead atoms. The molecule has 0 saturated heterocycles. The van der Waals surface area contributed by atoms with Gasteiger partial charge in [0.15, 0.2) is 11.0 Å². The van der Waals surface area contributed by atoms with Crippen molar-refractivity contribution in [1.29, 1.82) is 0 Å². The molecule has 0 spiro atoms. The van der Waals surface area contributed by atoms with Gasteiger partial charge in [0.2, 0.25) is 5.91 Å². The van der Waals surface area contributed by atoms with E-state index in [-0.39, 0.29) is 11.7 Å². The number of para-hydroxylation sites is 2. The van der Waals surface area contributed by atoms with E-state index >= 15 is 0 Å². The van der Waals surface area contributed by atoms with Crippen LogP contribution in [0.25, 0.3) is 17.1 Å². The molecule has 0 fully saturated rings. The minimum Gasteiger partial charge on any atom is -0.315 e. The summed E-state index contributed by atoms with van der Waals surface area (Å²) in [6, 6.07) is 21.5. The Kier molecular flexibility index (Phi) is 5.90. The maximum absolute atomic E-state index is 12.7. The number of benzene rings is 2. The van der Waals surface area contributed by atoms with E-state index in [0.717, 1.165) is 28.3 Å². The standard InChI is InChI=1S/C23H21N5OS/c1-17-8-6-7-11-20(17)28-22(18-12-14-24-15-13-18)25-26-23(28)30-16-21(29)27(2)19-9-4-3-5-10-19/h3-15H,16H2,1-2H3. The van der Waals surface area contributed by atoms with Crippen LogP contribution in [0.1, 0.15) is 5.56 Å². The highest BCUT2D eigenvalue weighted by molar-refractivity contribution is 7.99. The number of hydrogen-bond donors (Lipinski definition) is 0. The first-order chi connectivity index (χ1) is 14.6. The summed E-state index contributed by atoms with van der Waals surface area (Å²) in [6.45, 7) is 2.05. The first-order valence-corrected chi connectivity index (χ1v) is 10.5. The average Bonchev–Trinajstić information content (AvgIpc) is 3.22. The molecule has 7 heteroatoms. The van der Waals surface area contributed by atoms with Crippen molar-refractivity contribution in [2.24, 2.45) is 0 Å². The molecule has 0 saturated carbocycles. The highest BCUT2D eigenvalue weighted by atomic mass is 32.2. The Bertz CT molecular complexity index is 1140. The first-order valence-electron chi connectivity index (χ1n) is 9.51. The number of aryl methyl sites for hydroxylation is 1. The molecule has 0 aliphatic carbocycles. The summed E-state index contributed by atoms with van der Waals surface area (Å²) < 4.78 is 2.01. The summed E-state index contributed by atoms with van der Waals surface area (Å²) >= 11 is 1.38. The quantitative estimate of drug-likeness (QED) is 0.437. The Labute approximate surface area is 179 Å². The molecular formula is C23H21N5OS. The lowest BCUT2D eigenvalue weighted by atomic mass is 10.2. The SMILES string of the molecule is Cc1ccccc1-n1c(SCC(=O)N(C)c2ccccc2)nnc1-c1ccncc1. The second kappa shape index (κ2) is 8.92. The third-order valence-corrected chi connectivity index (χ3v) is 5.68. The molecule has 0 radical (unpaired) electrons. The number of hydrogen-bond acceptors (Lipinski definition) is 5. The molecule has 30 heavy (non-hydrogen) atoms. The third-order valence-electron chi connectivity index (χ3n) is 4.77. The van der Waals surface area contributed by atoms with Crippen LogP contribution >= 0.6 is 11.8 Å².